The normalized spacial score (nSPS) is 23.6. The van der Waals surface area contributed by atoms with E-state index in [1.54, 1.807) is 24.3 Å². The summed E-state index contributed by atoms with van der Waals surface area (Å²) in [6.45, 7) is 5.02. The molecule has 37 heavy (non-hydrogen) atoms. The van der Waals surface area contributed by atoms with Crippen molar-refractivity contribution in [2.24, 2.45) is 17.3 Å². The minimum atomic E-state index is -3.68. The summed E-state index contributed by atoms with van der Waals surface area (Å²) >= 11 is 0. The molecule has 3 N–H and O–H groups in total. The molecule has 1 amide bonds. The van der Waals surface area contributed by atoms with E-state index in [4.69, 9.17) is 5.11 Å². The molecule has 1 unspecified atom stereocenters. The van der Waals surface area contributed by atoms with Gasteiger partial charge in [-0.2, -0.15) is 4.98 Å². The minimum absolute atomic E-state index is 0.292. The minimum Gasteiger partial charge on any atom is -0.395 e. The Kier molecular flexibility index (Phi) is 6.02. The van der Waals surface area contributed by atoms with Crippen LogP contribution in [0, 0.1) is 24.2 Å². The Hall–Kier alpha value is -2.92. The van der Waals surface area contributed by atoms with Crippen molar-refractivity contribution in [3.05, 3.63) is 35.5 Å². The molecule has 2 saturated carbocycles. The van der Waals surface area contributed by atoms with E-state index in [0.717, 1.165) is 56.6 Å². The molecule has 1 spiro atoms. The highest BCUT2D eigenvalue weighted by Gasteiger charge is 2.46. The molecule has 2 aromatic rings. The van der Waals surface area contributed by atoms with Gasteiger partial charge in [0.25, 0.3) is 5.91 Å². The van der Waals surface area contributed by atoms with E-state index in [2.05, 4.69) is 29.8 Å². The Morgan fingerprint density at radius 2 is 1.81 bits per heavy atom. The first-order valence-corrected chi connectivity index (χ1v) is 14.8. The maximum absolute atomic E-state index is 13.5. The third kappa shape index (κ3) is 5.24. The van der Waals surface area contributed by atoms with E-state index in [9.17, 15) is 13.2 Å². The molecule has 4 aliphatic rings. The van der Waals surface area contributed by atoms with Gasteiger partial charge < -0.3 is 20.2 Å². The number of rotatable bonds is 8. The number of nitrogens with one attached hydrogen (secondary N) is 2. The molecule has 0 radical (unpaired) electrons. The highest BCUT2D eigenvalue weighted by Crippen LogP contribution is 2.54. The summed E-state index contributed by atoms with van der Waals surface area (Å²) < 4.78 is 27.0. The number of aliphatic hydroxyl groups is 1. The largest absolute Gasteiger partial charge is 0.395 e. The number of benzene rings is 1. The van der Waals surface area contributed by atoms with Gasteiger partial charge in [0, 0.05) is 37.9 Å². The molecule has 4 fully saturated rings. The first-order chi connectivity index (χ1) is 17.7. The molecule has 1 aromatic heterocycles. The van der Waals surface area contributed by atoms with Crippen LogP contribution < -0.4 is 19.8 Å². The molecule has 1 aromatic carbocycles. The predicted octanol–water partition coefficient (Wildman–Crippen LogP) is 2.61. The van der Waals surface area contributed by atoms with Crippen LogP contribution in [0.4, 0.5) is 23.1 Å². The maximum atomic E-state index is 13.5. The van der Waals surface area contributed by atoms with Crippen LogP contribution in [0.1, 0.15) is 48.2 Å². The number of sulfonamides is 1. The number of anilines is 4. The van der Waals surface area contributed by atoms with E-state index >= 15 is 0 Å². The molecular formula is C26H34N6O4S. The second kappa shape index (κ2) is 9.13. The lowest BCUT2D eigenvalue weighted by atomic mass is 9.93. The Morgan fingerprint density at radius 1 is 1.08 bits per heavy atom. The molecule has 198 valence electrons. The topological polar surface area (TPSA) is 128 Å². The van der Waals surface area contributed by atoms with Gasteiger partial charge in [0.2, 0.25) is 16.0 Å². The fraction of sp³-hybridized carbons (Fsp3) is 0.577. The van der Waals surface area contributed by atoms with Gasteiger partial charge in [0.1, 0.15) is 5.82 Å². The number of aromatic nitrogens is 2. The zero-order valence-corrected chi connectivity index (χ0v) is 21.9. The lowest BCUT2D eigenvalue weighted by Gasteiger charge is -2.35. The number of fused-ring (bicyclic) bond motifs is 1. The number of aryl methyl sites for hydroxylation is 1. The van der Waals surface area contributed by atoms with Crippen LogP contribution >= 0.6 is 0 Å². The fourth-order valence-corrected chi connectivity index (χ4v) is 6.63. The maximum Gasteiger partial charge on any atom is 0.258 e. The molecule has 2 aliphatic carbocycles. The Balaban J connectivity index is 1.25. The van der Waals surface area contributed by atoms with Crippen molar-refractivity contribution in [1.29, 1.82) is 0 Å². The zero-order valence-electron chi connectivity index (χ0n) is 21.1. The van der Waals surface area contributed by atoms with Crippen LogP contribution in [-0.2, 0) is 10.0 Å². The van der Waals surface area contributed by atoms with Crippen LogP contribution in [-0.4, -0.2) is 67.9 Å². The average molecular weight is 527 g/mol. The summed E-state index contributed by atoms with van der Waals surface area (Å²) in [4.78, 5) is 27.1. The van der Waals surface area contributed by atoms with Crippen molar-refractivity contribution in [3.8, 4) is 0 Å². The van der Waals surface area contributed by atoms with Crippen molar-refractivity contribution in [1.82, 2.24) is 9.97 Å². The van der Waals surface area contributed by atoms with Crippen molar-refractivity contribution >= 4 is 39.1 Å². The Morgan fingerprint density at radius 3 is 2.49 bits per heavy atom. The molecule has 2 saturated heterocycles. The van der Waals surface area contributed by atoms with Crippen LogP contribution in [0.15, 0.2) is 24.3 Å². The van der Waals surface area contributed by atoms with Crippen LogP contribution in [0.2, 0.25) is 0 Å². The zero-order chi connectivity index (χ0) is 25.8. The lowest BCUT2D eigenvalue weighted by molar-refractivity contribution is 0.102. The standard InChI is InChI=1S/C26H34N6O4S/c1-17-12-23(29-25(27-17)32-15-18-13-19(18)16-32)28-24(34)21-3-2-20(30-37(35,36)11-10-33)14-22(21)31-8-6-26(4-5-26)7-9-31/h2-3,12,14,18-19,30,33H,4-11,13,15-16H2,1H3,(H,27,28,29,34)/t18-,19?/m0/s1. The van der Waals surface area contributed by atoms with E-state index in [-0.39, 0.29) is 11.7 Å². The van der Waals surface area contributed by atoms with Gasteiger partial charge >= 0.3 is 0 Å². The molecule has 3 heterocycles. The van der Waals surface area contributed by atoms with Gasteiger partial charge in [-0.05, 0) is 74.5 Å². The van der Waals surface area contributed by atoms with Crippen molar-refractivity contribution in [2.45, 2.75) is 39.0 Å². The van der Waals surface area contributed by atoms with E-state index in [1.165, 1.54) is 19.3 Å². The first-order valence-electron chi connectivity index (χ1n) is 13.1. The molecular weight excluding hydrogens is 492 g/mol. The molecule has 6 rings (SSSR count). The Labute approximate surface area is 217 Å². The quantitative estimate of drug-likeness (QED) is 0.479. The number of amides is 1. The summed E-state index contributed by atoms with van der Waals surface area (Å²) in [5.41, 5.74) is 2.80. The highest BCUT2D eigenvalue weighted by atomic mass is 32.2. The smallest absolute Gasteiger partial charge is 0.258 e. The summed E-state index contributed by atoms with van der Waals surface area (Å²) in [6, 6.07) is 6.74. The number of hydrogen-bond donors (Lipinski definition) is 3. The fourth-order valence-electron chi connectivity index (χ4n) is 5.80. The number of nitrogens with zero attached hydrogens (tertiary/aromatic N) is 4. The van der Waals surface area contributed by atoms with Gasteiger partial charge in [0.15, 0.2) is 0 Å². The summed E-state index contributed by atoms with van der Waals surface area (Å²) in [5.74, 6) is 1.93. The van der Waals surface area contributed by atoms with E-state index in [0.29, 0.717) is 34.1 Å². The number of piperidine rings is 2. The van der Waals surface area contributed by atoms with Gasteiger partial charge in [-0.25, -0.2) is 13.4 Å². The van der Waals surface area contributed by atoms with Crippen LogP contribution in [0.25, 0.3) is 0 Å². The summed E-state index contributed by atoms with van der Waals surface area (Å²) in [6.07, 6.45) is 5.96. The van der Waals surface area contributed by atoms with Crippen molar-refractivity contribution in [2.75, 3.05) is 58.4 Å². The van der Waals surface area contributed by atoms with Gasteiger partial charge in [-0.15, -0.1) is 0 Å². The number of carbonyl (C=O) groups excluding carboxylic acids is 1. The average Bonchev–Trinajstić information content (AvgIpc) is 3.75. The summed E-state index contributed by atoms with van der Waals surface area (Å²) in [5, 5.41) is 12.0. The van der Waals surface area contributed by atoms with Gasteiger partial charge in [-0.3, -0.25) is 9.52 Å². The van der Waals surface area contributed by atoms with Crippen LogP contribution in [0.5, 0.6) is 0 Å². The second-order valence-corrected chi connectivity index (χ2v) is 13.0. The monoisotopic (exact) mass is 526 g/mol. The van der Waals surface area contributed by atoms with Crippen LogP contribution in [0.3, 0.4) is 0 Å². The van der Waals surface area contributed by atoms with E-state index < -0.39 is 16.6 Å². The molecule has 0 bridgehead atoms. The number of hydrogen-bond acceptors (Lipinski definition) is 8. The van der Waals surface area contributed by atoms with Gasteiger partial charge in [0.05, 0.1) is 29.3 Å². The Bertz CT molecular complexity index is 1310. The SMILES string of the molecule is Cc1cc(NC(=O)c2ccc(NS(=O)(=O)CCO)cc2N2CCC3(CC2)CC3)nc(N2CC3C[C@H]3C2)n1. The van der Waals surface area contributed by atoms with Crippen molar-refractivity contribution < 1.29 is 18.3 Å². The predicted molar refractivity (Wildman–Crippen MR) is 143 cm³/mol. The first kappa shape index (κ1) is 24.4. The number of carbonyl (C=O) groups is 1. The second-order valence-electron chi connectivity index (χ2n) is 11.2. The molecule has 2 aliphatic heterocycles. The number of aliphatic hydroxyl groups excluding tert-OH is 1. The molecule has 10 nitrogen and oxygen atoms in total. The van der Waals surface area contributed by atoms with E-state index in [1.807, 2.05) is 6.92 Å². The molecule has 11 heteroatoms. The summed E-state index contributed by atoms with van der Waals surface area (Å²) in [7, 11) is -3.68. The highest BCUT2D eigenvalue weighted by molar-refractivity contribution is 7.92. The third-order valence-electron chi connectivity index (χ3n) is 8.34. The van der Waals surface area contributed by atoms with Gasteiger partial charge in [-0.1, -0.05) is 0 Å². The molecule has 2 atom stereocenters. The third-order valence-corrected chi connectivity index (χ3v) is 9.61. The van der Waals surface area contributed by atoms with Crippen molar-refractivity contribution in [3.63, 3.8) is 0 Å². The lowest BCUT2D eigenvalue weighted by Crippen LogP contribution is -2.36.